The van der Waals surface area contributed by atoms with E-state index < -0.39 is 24.3 Å². The summed E-state index contributed by atoms with van der Waals surface area (Å²) in [6.45, 7) is 5.14. The van der Waals surface area contributed by atoms with Crippen molar-refractivity contribution < 1.29 is 60.1 Å². The van der Waals surface area contributed by atoms with E-state index in [0.717, 1.165) is 37.5 Å². The summed E-state index contributed by atoms with van der Waals surface area (Å²) in [5.74, 6) is -4.22. The van der Waals surface area contributed by atoms with Gasteiger partial charge in [0, 0.05) is 38.4 Å². The summed E-state index contributed by atoms with van der Waals surface area (Å²) in [5, 5.41) is 14.2. The molecule has 0 spiro atoms. The highest BCUT2D eigenvalue weighted by atomic mass is 19.4. The fraction of sp³-hybridized carbons (Fsp3) is 0.500. The number of aryl methyl sites for hydroxylation is 1. The Morgan fingerprint density at radius 1 is 1.02 bits per heavy atom. The van der Waals surface area contributed by atoms with Crippen molar-refractivity contribution >= 4 is 17.8 Å². The number of carbonyl (C=O) groups is 3. The first-order valence-corrected chi connectivity index (χ1v) is 11.7. The van der Waals surface area contributed by atoms with E-state index >= 15 is 0 Å². The van der Waals surface area contributed by atoms with Gasteiger partial charge in [0.05, 0.1) is 25.0 Å². The summed E-state index contributed by atoms with van der Waals surface area (Å²) in [6, 6.07) is 9.68. The number of pyridine rings is 1. The second-order valence-electron chi connectivity index (χ2n) is 8.84. The molecule has 16 heteroatoms. The van der Waals surface area contributed by atoms with E-state index in [1.165, 1.54) is 0 Å². The first kappa shape index (κ1) is 32.6. The molecular weight excluding hydrogens is 556 g/mol. The number of likely N-dealkylation sites (tertiary alicyclic amines) is 2. The largest absolute Gasteiger partial charge is 0.490 e. The fourth-order valence-electron chi connectivity index (χ4n) is 4.34. The normalized spacial score (nSPS) is 20.9. The molecule has 0 unspecified atom stereocenters. The number of amides is 1. The lowest BCUT2D eigenvalue weighted by Gasteiger charge is -2.41. The van der Waals surface area contributed by atoms with Gasteiger partial charge in [-0.25, -0.2) is 14.6 Å². The second-order valence-corrected chi connectivity index (χ2v) is 8.84. The third-order valence-electron chi connectivity index (χ3n) is 6.06. The number of hydrogen-bond donors (Lipinski definition) is 2. The lowest BCUT2D eigenvalue weighted by molar-refractivity contribution is -0.193. The van der Waals surface area contributed by atoms with Gasteiger partial charge in [0.2, 0.25) is 0 Å². The van der Waals surface area contributed by atoms with Crippen molar-refractivity contribution in [1.82, 2.24) is 14.8 Å². The molecule has 0 aromatic carbocycles. The standard InChI is InChI=1S/C20H25N3O3.2C2HF3O2/c1-14-5-3-7-17(21-14)20(24)23-9-8-19(25-2)16-12-22(13-18(16)23)11-15-6-4-10-26-15;2*3-2(4,5)1(6)7/h3-7,10,16,18-19H,8-9,11-13H2,1-2H3;2*(H,6,7)/t16-,18+,19-;;/m0../s1. The predicted octanol–water partition coefficient (Wildman–Crippen LogP) is 3.61. The number of hydrogen-bond acceptors (Lipinski definition) is 7. The van der Waals surface area contributed by atoms with Gasteiger partial charge in [0.25, 0.3) is 5.91 Å². The molecule has 2 aromatic rings. The molecule has 4 rings (SSSR count). The number of alkyl halides is 6. The van der Waals surface area contributed by atoms with E-state index in [-0.39, 0.29) is 18.1 Å². The molecule has 2 saturated heterocycles. The smallest absolute Gasteiger partial charge is 0.475 e. The van der Waals surface area contributed by atoms with Gasteiger partial charge >= 0.3 is 24.3 Å². The Kier molecular flexibility index (Phi) is 11.1. The Labute approximate surface area is 224 Å². The Bertz CT molecular complexity index is 1120. The molecule has 2 fully saturated rings. The van der Waals surface area contributed by atoms with E-state index in [2.05, 4.69) is 9.88 Å². The number of aliphatic carboxylic acids is 2. The average Bonchev–Trinajstić information content (AvgIpc) is 3.52. The molecule has 2 aliphatic heterocycles. The van der Waals surface area contributed by atoms with Crippen molar-refractivity contribution in [2.75, 3.05) is 26.7 Å². The van der Waals surface area contributed by atoms with Crippen molar-refractivity contribution in [3.8, 4) is 0 Å². The molecule has 2 N–H and O–H groups in total. The maximum absolute atomic E-state index is 13.1. The van der Waals surface area contributed by atoms with Crippen LogP contribution in [0.2, 0.25) is 0 Å². The molecule has 2 aromatic heterocycles. The third-order valence-corrected chi connectivity index (χ3v) is 6.06. The molecule has 40 heavy (non-hydrogen) atoms. The zero-order valence-electron chi connectivity index (χ0n) is 21.3. The molecule has 222 valence electrons. The average molecular weight is 583 g/mol. The zero-order valence-corrected chi connectivity index (χ0v) is 21.3. The second kappa shape index (κ2) is 13.6. The maximum Gasteiger partial charge on any atom is 0.490 e. The van der Waals surface area contributed by atoms with Crippen molar-refractivity contribution in [3.63, 3.8) is 0 Å². The van der Waals surface area contributed by atoms with Crippen LogP contribution in [-0.4, -0.2) is 94.1 Å². The number of fused-ring (bicyclic) bond motifs is 1. The van der Waals surface area contributed by atoms with Gasteiger partial charge in [-0.05, 0) is 37.6 Å². The molecular formula is C24H27F6N3O7. The summed E-state index contributed by atoms with van der Waals surface area (Å²) in [5.41, 5.74) is 1.40. The number of methoxy groups -OCH3 is 1. The molecule has 0 radical (unpaired) electrons. The van der Waals surface area contributed by atoms with Gasteiger partial charge in [-0.1, -0.05) is 6.07 Å². The van der Waals surface area contributed by atoms with Gasteiger partial charge in [-0.2, -0.15) is 26.3 Å². The van der Waals surface area contributed by atoms with Crippen molar-refractivity contribution in [3.05, 3.63) is 53.7 Å². The van der Waals surface area contributed by atoms with E-state index in [4.69, 9.17) is 29.0 Å². The number of nitrogens with zero attached hydrogens (tertiary/aromatic N) is 3. The molecule has 10 nitrogen and oxygen atoms in total. The number of rotatable bonds is 4. The minimum atomic E-state index is -5.08. The van der Waals surface area contributed by atoms with Crippen LogP contribution in [0, 0.1) is 12.8 Å². The number of carbonyl (C=O) groups excluding carboxylic acids is 1. The third kappa shape index (κ3) is 9.22. The first-order chi connectivity index (χ1) is 18.5. The monoisotopic (exact) mass is 583 g/mol. The van der Waals surface area contributed by atoms with Crippen LogP contribution in [0.5, 0.6) is 0 Å². The number of carboxylic acid groups (broad SMARTS) is 2. The Hall–Kier alpha value is -3.66. The number of piperidine rings is 1. The zero-order chi connectivity index (χ0) is 30.3. The van der Waals surface area contributed by atoms with E-state index in [1.54, 1.807) is 13.4 Å². The minimum absolute atomic E-state index is 0.0260. The number of ether oxygens (including phenoxy) is 1. The molecule has 2 aliphatic rings. The lowest BCUT2D eigenvalue weighted by Crippen LogP contribution is -2.53. The van der Waals surface area contributed by atoms with Crippen molar-refractivity contribution in [2.45, 2.75) is 44.4 Å². The fourth-order valence-corrected chi connectivity index (χ4v) is 4.34. The molecule has 0 bridgehead atoms. The Balaban J connectivity index is 0.000000333. The number of aromatic nitrogens is 1. The van der Waals surface area contributed by atoms with Crippen LogP contribution in [0.3, 0.4) is 0 Å². The molecule has 0 aliphatic carbocycles. The summed E-state index contributed by atoms with van der Waals surface area (Å²) >= 11 is 0. The highest BCUT2D eigenvalue weighted by Gasteiger charge is 2.46. The van der Waals surface area contributed by atoms with Crippen LogP contribution in [0.15, 0.2) is 41.0 Å². The van der Waals surface area contributed by atoms with Crippen LogP contribution in [0.4, 0.5) is 26.3 Å². The molecule has 3 atom stereocenters. The van der Waals surface area contributed by atoms with E-state index in [1.807, 2.05) is 42.2 Å². The van der Waals surface area contributed by atoms with Crippen molar-refractivity contribution in [2.24, 2.45) is 5.92 Å². The molecule has 0 saturated carbocycles. The maximum atomic E-state index is 13.1. The van der Waals surface area contributed by atoms with Gasteiger partial charge in [-0.3, -0.25) is 9.69 Å². The number of furan rings is 1. The van der Waals surface area contributed by atoms with Crippen molar-refractivity contribution in [1.29, 1.82) is 0 Å². The highest BCUT2D eigenvalue weighted by molar-refractivity contribution is 5.92. The van der Waals surface area contributed by atoms with Gasteiger partial charge in [-0.15, -0.1) is 0 Å². The minimum Gasteiger partial charge on any atom is -0.475 e. The van der Waals surface area contributed by atoms with Crippen LogP contribution in [-0.2, 0) is 20.9 Å². The lowest BCUT2D eigenvalue weighted by atomic mass is 9.88. The number of halogens is 6. The first-order valence-electron chi connectivity index (χ1n) is 11.7. The van der Waals surface area contributed by atoms with E-state index in [0.29, 0.717) is 18.2 Å². The summed E-state index contributed by atoms with van der Waals surface area (Å²) < 4.78 is 74.7. The van der Waals surface area contributed by atoms with Crippen LogP contribution in [0.1, 0.15) is 28.4 Å². The molecule has 1 amide bonds. The summed E-state index contributed by atoms with van der Waals surface area (Å²) in [7, 11) is 1.77. The van der Waals surface area contributed by atoms with Crippen LogP contribution < -0.4 is 0 Å². The Morgan fingerprint density at radius 2 is 1.62 bits per heavy atom. The number of carboxylic acids is 2. The van der Waals surface area contributed by atoms with Gasteiger partial charge in [0.1, 0.15) is 11.5 Å². The summed E-state index contributed by atoms with van der Waals surface area (Å²) in [4.78, 5) is 39.7. The van der Waals surface area contributed by atoms with Gasteiger partial charge < -0.3 is 24.3 Å². The molecule has 4 heterocycles. The highest BCUT2D eigenvalue weighted by Crippen LogP contribution is 2.34. The quantitative estimate of drug-likeness (QED) is 0.518. The van der Waals surface area contributed by atoms with Crippen LogP contribution in [0.25, 0.3) is 0 Å². The Morgan fingerprint density at radius 3 is 2.10 bits per heavy atom. The summed E-state index contributed by atoms with van der Waals surface area (Å²) in [6.07, 6.45) is -7.41. The SMILES string of the molecule is CO[C@H]1CCN(C(=O)c2cccc(C)n2)[C@@H]2CN(Cc3ccco3)C[C@H]12.O=C(O)C(F)(F)F.O=C(O)C(F)(F)F. The topological polar surface area (TPSA) is 133 Å². The predicted molar refractivity (Wildman–Crippen MR) is 124 cm³/mol. The van der Waals surface area contributed by atoms with Crippen LogP contribution >= 0.6 is 0 Å². The van der Waals surface area contributed by atoms with Gasteiger partial charge in [0.15, 0.2) is 0 Å². The van der Waals surface area contributed by atoms with E-state index in [9.17, 15) is 31.1 Å².